The smallest absolute Gasteiger partial charge is 0.205 e. The lowest BCUT2D eigenvalue weighted by Crippen LogP contribution is -1.99. The van der Waals surface area contributed by atoms with Crippen molar-refractivity contribution in [2.75, 3.05) is 0 Å². The molecular weight excluding hydrogens is 288 g/mol. The molecule has 0 N–H and O–H groups in total. The molecule has 0 unspecified atom stereocenters. The van der Waals surface area contributed by atoms with Gasteiger partial charge in [-0.05, 0) is 23.8 Å². The second-order valence-electron chi connectivity index (χ2n) is 5.34. The Labute approximate surface area is 135 Å². The Bertz CT molecular complexity index is 778. The van der Waals surface area contributed by atoms with Crippen LogP contribution in [0.5, 0.6) is 0 Å². The highest BCUT2D eigenvalue weighted by molar-refractivity contribution is 5.96. The fourth-order valence-electron chi connectivity index (χ4n) is 2.29. The first kappa shape index (κ1) is 15.1. The maximum absolute atomic E-state index is 12.0. The fraction of sp³-hybridized carbons (Fsp3) is 0.222. The van der Waals surface area contributed by atoms with Gasteiger partial charge in [0, 0.05) is 17.5 Å². The summed E-state index contributed by atoms with van der Waals surface area (Å²) in [5.74, 6) is 0.723. The van der Waals surface area contributed by atoms with Crippen LogP contribution in [0.4, 0.5) is 0 Å². The zero-order chi connectivity index (χ0) is 16.1. The standard InChI is InChI=1S/C18H18N4O/c1-2-3-9-17(23)14-10-12-15(13-11-14)18-19-21-22(20-18)16-7-5-4-6-8-16/h4-8,10-13H,2-3,9H2,1H3. The summed E-state index contributed by atoms with van der Waals surface area (Å²) in [4.78, 5) is 13.5. The van der Waals surface area contributed by atoms with E-state index in [0.29, 0.717) is 12.2 Å². The van der Waals surface area contributed by atoms with Gasteiger partial charge in [0.1, 0.15) is 0 Å². The van der Waals surface area contributed by atoms with Gasteiger partial charge in [-0.1, -0.05) is 55.8 Å². The van der Waals surface area contributed by atoms with Gasteiger partial charge in [-0.25, -0.2) is 0 Å². The Balaban J connectivity index is 1.78. The third-order valence-electron chi connectivity index (χ3n) is 3.62. The van der Waals surface area contributed by atoms with Crippen molar-refractivity contribution in [3.8, 4) is 17.1 Å². The molecule has 0 saturated heterocycles. The number of rotatable bonds is 6. The normalized spacial score (nSPS) is 10.7. The van der Waals surface area contributed by atoms with Crippen LogP contribution >= 0.6 is 0 Å². The molecule has 1 aromatic heterocycles. The van der Waals surface area contributed by atoms with Crippen molar-refractivity contribution in [3.63, 3.8) is 0 Å². The first-order valence-corrected chi connectivity index (χ1v) is 7.77. The molecule has 5 nitrogen and oxygen atoms in total. The maximum Gasteiger partial charge on any atom is 0.205 e. The Morgan fingerprint density at radius 2 is 1.78 bits per heavy atom. The van der Waals surface area contributed by atoms with E-state index in [9.17, 15) is 4.79 Å². The third kappa shape index (κ3) is 3.51. The molecule has 0 spiro atoms. The Morgan fingerprint density at radius 1 is 1.04 bits per heavy atom. The van der Waals surface area contributed by atoms with Crippen LogP contribution in [0.15, 0.2) is 54.6 Å². The molecule has 116 valence electrons. The number of carbonyl (C=O) groups is 1. The van der Waals surface area contributed by atoms with Gasteiger partial charge in [0.15, 0.2) is 5.78 Å². The summed E-state index contributed by atoms with van der Waals surface area (Å²) < 4.78 is 0. The van der Waals surface area contributed by atoms with E-state index in [0.717, 1.165) is 29.7 Å². The molecule has 0 saturated carbocycles. The van der Waals surface area contributed by atoms with Crippen molar-refractivity contribution in [1.82, 2.24) is 20.2 Å². The second-order valence-corrected chi connectivity index (χ2v) is 5.34. The number of hydrogen-bond acceptors (Lipinski definition) is 4. The van der Waals surface area contributed by atoms with Gasteiger partial charge in [0.2, 0.25) is 5.82 Å². The molecule has 0 fully saturated rings. The van der Waals surface area contributed by atoms with E-state index in [1.165, 1.54) is 4.80 Å². The summed E-state index contributed by atoms with van der Waals surface area (Å²) in [5.41, 5.74) is 2.44. The van der Waals surface area contributed by atoms with Gasteiger partial charge in [-0.15, -0.1) is 15.0 Å². The second kappa shape index (κ2) is 6.96. The summed E-state index contributed by atoms with van der Waals surface area (Å²) in [6, 6.07) is 17.0. The van der Waals surface area contributed by atoms with E-state index in [1.807, 2.05) is 54.6 Å². The zero-order valence-corrected chi connectivity index (χ0v) is 13.0. The SMILES string of the molecule is CCCCC(=O)c1ccc(-c2nnn(-c3ccccc3)n2)cc1. The lowest BCUT2D eigenvalue weighted by atomic mass is 10.0. The van der Waals surface area contributed by atoms with Crippen molar-refractivity contribution in [1.29, 1.82) is 0 Å². The largest absolute Gasteiger partial charge is 0.294 e. The highest BCUT2D eigenvalue weighted by atomic mass is 16.1. The molecule has 0 aliphatic rings. The van der Waals surface area contributed by atoms with Crippen LogP contribution in [0.1, 0.15) is 36.5 Å². The molecule has 0 bridgehead atoms. The summed E-state index contributed by atoms with van der Waals surface area (Å²) in [6.07, 6.45) is 2.54. The minimum atomic E-state index is 0.180. The number of nitrogens with zero attached hydrogens (tertiary/aromatic N) is 4. The minimum Gasteiger partial charge on any atom is -0.294 e. The van der Waals surface area contributed by atoms with Crippen molar-refractivity contribution < 1.29 is 4.79 Å². The number of aromatic nitrogens is 4. The van der Waals surface area contributed by atoms with Gasteiger partial charge in [-0.2, -0.15) is 0 Å². The number of Topliss-reactive ketones (excluding diaryl/α,β-unsaturated/α-hetero) is 1. The molecule has 0 atom stereocenters. The number of ketones is 1. The Hall–Kier alpha value is -2.82. The van der Waals surface area contributed by atoms with Gasteiger partial charge >= 0.3 is 0 Å². The van der Waals surface area contributed by atoms with E-state index in [-0.39, 0.29) is 5.78 Å². The topological polar surface area (TPSA) is 60.7 Å². The number of carbonyl (C=O) groups excluding carboxylic acids is 1. The first-order chi connectivity index (χ1) is 11.3. The van der Waals surface area contributed by atoms with E-state index in [1.54, 1.807) is 0 Å². The lowest BCUT2D eigenvalue weighted by molar-refractivity contribution is 0.0980. The summed E-state index contributed by atoms with van der Waals surface area (Å²) >= 11 is 0. The van der Waals surface area contributed by atoms with Crippen LogP contribution in [0.25, 0.3) is 17.1 Å². The van der Waals surface area contributed by atoms with Crippen LogP contribution in [-0.4, -0.2) is 26.0 Å². The van der Waals surface area contributed by atoms with Crippen molar-refractivity contribution >= 4 is 5.78 Å². The molecule has 1 heterocycles. The van der Waals surface area contributed by atoms with E-state index >= 15 is 0 Å². The quantitative estimate of drug-likeness (QED) is 0.651. The van der Waals surface area contributed by atoms with Gasteiger partial charge < -0.3 is 0 Å². The van der Waals surface area contributed by atoms with E-state index < -0.39 is 0 Å². The summed E-state index contributed by atoms with van der Waals surface area (Å²) in [7, 11) is 0. The first-order valence-electron chi connectivity index (χ1n) is 7.77. The Kier molecular flexibility index (Phi) is 4.57. The van der Waals surface area contributed by atoms with Crippen molar-refractivity contribution in [2.24, 2.45) is 0 Å². The monoisotopic (exact) mass is 306 g/mol. The molecule has 0 amide bonds. The molecular formula is C18H18N4O. The van der Waals surface area contributed by atoms with E-state index in [2.05, 4.69) is 22.3 Å². The predicted molar refractivity (Wildman–Crippen MR) is 88.4 cm³/mol. The molecule has 3 rings (SSSR count). The van der Waals surface area contributed by atoms with Gasteiger partial charge in [0.25, 0.3) is 0 Å². The van der Waals surface area contributed by atoms with Crippen molar-refractivity contribution in [3.05, 3.63) is 60.2 Å². The Morgan fingerprint density at radius 3 is 2.48 bits per heavy atom. The number of para-hydroxylation sites is 1. The van der Waals surface area contributed by atoms with Crippen LogP contribution in [0.3, 0.4) is 0 Å². The molecule has 0 aliphatic carbocycles. The highest BCUT2D eigenvalue weighted by Crippen LogP contribution is 2.17. The van der Waals surface area contributed by atoms with Crippen LogP contribution in [-0.2, 0) is 0 Å². The average Bonchev–Trinajstić information content (AvgIpc) is 3.11. The molecule has 5 heteroatoms. The highest BCUT2D eigenvalue weighted by Gasteiger charge is 2.09. The van der Waals surface area contributed by atoms with Crippen LogP contribution in [0.2, 0.25) is 0 Å². The van der Waals surface area contributed by atoms with Gasteiger partial charge in [-0.3, -0.25) is 4.79 Å². The number of hydrogen-bond donors (Lipinski definition) is 0. The van der Waals surface area contributed by atoms with Crippen LogP contribution < -0.4 is 0 Å². The third-order valence-corrected chi connectivity index (χ3v) is 3.62. The summed E-state index contributed by atoms with van der Waals surface area (Å²) in [6.45, 7) is 2.08. The molecule has 0 radical (unpaired) electrons. The summed E-state index contributed by atoms with van der Waals surface area (Å²) in [5, 5.41) is 12.5. The van der Waals surface area contributed by atoms with Crippen molar-refractivity contribution in [2.45, 2.75) is 26.2 Å². The molecule has 2 aromatic carbocycles. The number of unbranched alkanes of at least 4 members (excludes halogenated alkanes) is 1. The molecule has 23 heavy (non-hydrogen) atoms. The van der Waals surface area contributed by atoms with E-state index in [4.69, 9.17) is 0 Å². The lowest BCUT2D eigenvalue weighted by Gasteiger charge is -2.01. The fourth-order valence-corrected chi connectivity index (χ4v) is 2.29. The minimum absolute atomic E-state index is 0.180. The predicted octanol–water partition coefficient (Wildman–Crippen LogP) is 3.70. The zero-order valence-electron chi connectivity index (χ0n) is 13.0. The molecule has 0 aliphatic heterocycles. The molecule has 3 aromatic rings. The number of benzene rings is 2. The number of tetrazole rings is 1. The van der Waals surface area contributed by atoms with Gasteiger partial charge in [0.05, 0.1) is 5.69 Å². The maximum atomic E-state index is 12.0. The average molecular weight is 306 g/mol. The van der Waals surface area contributed by atoms with Crippen LogP contribution in [0, 0.1) is 0 Å².